The number of hydrogen-bond donors (Lipinski definition) is 1. The normalized spacial score (nSPS) is 16.9. The van der Waals surface area contributed by atoms with Crippen molar-refractivity contribution in [3.05, 3.63) is 42.5 Å². The highest BCUT2D eigenvalue weighted by molar-refractivity contribution is 7.89. The summed E-state index contributed by atoms with van der Waals surface area (Å²) in [5, 5.41) is 0. The van der Waals surface area contributed by atoms with Crippen molar-refractivity contribution in [3.63, 3.8) is 0 Å². The number of hydrogen-bond acceptors (Lipinski definition) is 6. The minimum absolute atomic E-state index is 0.0731. The zero-order valence-electron chi connectivity index (χ0n) is 15.8. The minimum Gasteiger partial charge on any atom is -0.497 e. The number of amides is 1. The highest BCUT2D eigenvalue weighted by Gasteiger charge is 2.34. The van der Waals surface area contributed by atoms with Crippen LogP contribution in [0.2, 0.25) is 0 Å². The van der Waals surface area contributed by atoms with Gasteiger partial charge in [-0.25, -0.2) is 13.1 Å². The Hall–Kier alpha value is -2.78. The summed E-state index contributed by atoms with van der Waals surface area (Å²) in [4.78, 5) is 14.1. The topological polar surface area (TPSA) is 94.2 Å². The van der Waals surface area contributed by atoms with E-state index in [0.717, 1.165) is 0 Å². The summed E-state index contributed by atoms with van der Waals surface area (Å²) in [6.07, 6.45) is 0.0731. The van der Waals surface area contributed by atoms with Gasteiger partial charge in [0.25, 0.3) is 0 Å². The van der Waals surface area contributed by atoms with Crippen molar-refractivity contribution in [3.8, 4) is 17.2 Å². The third-order valence-electron chi connectivity index (χ3n) is 4.50. The number of benzene rings is 2. The van der Waals surface area contributed by atoms with E-state index in [0.29, 0.717) is 22.9 Å². The van der Waals surface area contributed by atoms with Gasteiger partial charge < -0.3 is 19.1 Å². The lowest BCUT2D eigenvalue weighted by atomic mass is 10.2. The second kappa shape index (κ2) is 8.07. The predicted octanol–water partition coefficient (Wildman–Crippen LogP) is 1.80. The molecule has 0 spiro atoms. The Morgan fingerprint density at radius 1 is 0.964 bits per heavy atom. The molecule has 1 amide bonds. The fourth-order valence-electron chi connectivity index (χ4n) is 3.07. The number of nitrogens with zero attached hydrogens (tertiary/aromatic N) is 1. The Balaban J connectivity index is 1.75. The van der Waals surface area contributed by atoms with Crippen molar-refractivity contribution in [1.29, 1.82) is 0 Å². The molecule has 150 valence electrons. The Bertz CT molecular complexity index is 959. The van der Waals surface area contributed by atoms with Crippen LogP contribution in [0, 0.1) is 0 Å². The molecular weight excluding hydrogens is 384 g/mol. The summed E-state index contributed by atoms with van der Waals surface area (Å²) in [5.74, 6) is 1.44. The number of sulfonamides is 1. The van der Waals surface area contributed by atoms with Crippen LogP contribution in [-0.2, 0) is 14.8 Å². The highest BCUT2D eigenvalue weighted by atomic mass is 32.2. The first kappa shape index (κ1) is 20.0. The van der Waals surface area contributed by atoms with E-state index in [4.69, 9.17) is 14.2 Å². The molecule has 0 aromatic heterocycles. The monoisotopic (exact) mass is 406 g/mol. The Morgan fingerprint density at radius 2 is 1.64 bits per heavy atom. The molecule has 8 nitrogen and oxygen atoms in total. The summed E-state index contributed by atoms with van der Waals surface area (Å²) >= 11 is 0. The highest BCUT2D eigenvalue weighted by Crippen LogP contribution is 2.33. The standard InChI is InChI=1S/C19H22N2O6S/c1-25-15-5-7-16(8-6-15)28(23,24)20-13-10-19(22)21(12-13)14-4-9-17(26-2)18(11-14)27-3/h4-9,11,13,20H,10,12H2,1-3H3/t13-/m0/s1. The number of carbonyl (C=O) groups is 1. The number of carbonyl (C=O) groups excluding carboxylic acids is 1. The van der Waals surface area contributed by atoms with Gasteiger partial charge in [0, 0.05) is 30.8 Å². The summed E-state index contributed by atoms with van der Waals surface area (Å²) in [5.41, 5.74) is 0.619. The molecule has 2 aromatic carbocycles. The zero-order valence-corrected chi connectivity index (χ0v) is 16.7. The second-order valence-corrected chi connectivity index (χ2v) is 7.96. The molecule has 1 saturated heterocycles. The van der Waals surface area contributed by atoms with E-state index < -0.39 is 16.1 Å². The average molecular weight is 406 g/mol. The van der Waals surface area contributed by atoms with Crippen molar-refractivity contribution < 1.29 is 27.4 Å². The van der Waals surface area contributed by atoms with E-state index in [2.05, 4.69) is 4.72 Å². The van der Waals surface area contributed by atoms with Crippen LogP contribution >= 0.6 is 0 Å². The summed E-state index contributed by atoms with van der Waals surface area (Å²) in [6, 6.07) is 10.7. The van der Waals surface area contributed by atoms with E-state index in [1.165, 1.54) is 38.4 Å². The maximum absolute atomic E-state index is 12.6. The first-order valence-electron chi connectivity index (χ1n) is 8.56. The van der Waals surface area contributed by atoms with Crippen LogP contribution in [0.15, 0.2) is 47.4 Å². The van der Waals surface area contributed by atoms with Crippen molar-refractivity contribution in [2.24, 2.45) is 0 Å². The van der Waals surface area contributed by atoms with Crippen LogP contribution in [0.1, 0.15) is 6.42 Å². The van der Waals surface area contributed by atoms with E-state index in [1.54, 1.807) is 30.3 Å². The largest absolute Gasteiger partial charge is 0.497 e. The number of anilines is 1. The van der Waals surface area contributed by atoms with Gasteiger partial charge in [0.05, 0.1) is 26.2 Å². The molecule has 1 aliphatic rings. The van der Waals surface area contributed by atoms with Gasteiger partial charge in [-0.3, -0.25) is 4.79 Å². The lowest BCUT2D eigenvalue weighted by molar-refractivity contribution is -0.117. The van der Waals surface area contributed by atoms with Gasteiger partial charge in [-0.05, 0) is 36.4 Å². The van der Waals surface area contributed by atoms with Gasteiger partial charge in [-0.2, -0.15) is 0 Å². The fraction of sp³-hybridized carbons (Fsp3) is 0.316. The quantitative estimate of drug-likeness (QED) is 0.754. The van der Waals surface area contributed by atoms with Gasteiger partial charge in [0.15, 0.2) is 11.5 Å². The van der Waals surface area contributed by atoms with Gasteiger partial charge in [0.1, 0.15) is 5.75 Å². The maximum Gasteiger partial charge on any atom is 0.240 e. The fourth-order valence-corrected chi connectivity index (χ4v) is 4.30. The molecule has 1 aliphatic heterocycles. The lowest BCUT2D eigenvalue weighted by Crippen LogP contribution is -2.37. The second-order valence-electron chi connectivity index (χ2n) is 6.24. The van der Waals surface area contributed by atoms with E-state index in [-0.39, 0.29) is 23.8 Å². The molecule has 1 atom stereocenters. The van der Waals surface area contributed by atoms with Gasteiger partial charge >= 0.3 is 0 Å². The van der Waals surface area contributed by atoms with Gasteiger partial charge in [-0.1, -0.05) is 0 Å². The van der Waals surface area contributed by atoms with Gasteiger partial charge in [0.2, 0.25) is 15.9 Å². The average Bonchev–Trinajstić information content (AvgIpc) is 3.06. The molecule has 0 unspecified atom stereocenters. The molecule has 1 fully saturated rings. The van der Waals surface area contributed by atoms with Gasteiger partial charge in [-0.15, -0.1) is 0 Å². The molecule has 0 saturated carbocycles. The number of rotatable bonds is 7. The molecule has 28 heavy (non-hydrogen) atoms. The number of methoxy groups -OCH3 is 3. The predicted molar refractivity (Wildman–Crippen MR) is 104 cm³/mol. The summed E-state index contributed by atoms with van der Waals surface area (Å²) in [6.45, 7) is 0.226. The smallest absolute Gasteiger partial charge is 0.240 e. The molecular formula is C19H22N2O6S. The molecule has 9 heteroatoms. The van der Waals surface area contributed by atoms with Crippen LogP contribution in [0.5, 0.6) is 17.2 Å². The van der Waals surface area contributed by atoms with Crippen molar-refractivity contribution in [1.82, 2.24) is 4.72 Å². The van der Waals surface area contributed by atoms with Crippen molar-refractivity contribution in [2.75, 3.05) is 32.8 Å². The Morgan fingerprint density at radius 3 is 2.25 bits per heavy atom. The van der Waals surface area contributed by atoms with E-state index >= 15 is 0 Å². The van der Waals surface area contributed by atoms with Crippen LogP contribution in [0.25, 0.3) is 0 Å². The van der Waals surface area contributed by atoms with Crippen LogP contribution in [0.4, 0.5) is 5.69 Å². The zero-order chi connectivity index (χ0) is 20.3. The summed E-state index contributed by atoms with van der Waals surface area (Å²) in [7, 11) is 0.802. The molecule has 0 bridgehead atoms. The van der Waals surface area contributed by atoms with E-state index in [9.17, 15) is 13.2 Å². The Kier molecular flexibility index (Phi) is 5.76. The molecule has 1 heterocycles. The molecule has 1 N–H and O–H groups in total. The first-order valence-corrected chi connectivity index (χ1v) is 10.0. The van der Waals surface area contributed by atoms with Crippen molar-refractivity contribution >= 4 is 21.6 Å². The summed E-state index contributed by atoms with van der Waals surface area (Å²) < 4.78 is 43.3. The number of nitrogens with one attached hydrogen (secondary N) is 1. The molecule has 3 rings (SSSR count). The first-order chi connectivity index (χ1) is 13.4. The molecule has 0 aliphatic carbocycles. The minimum atomic E-state index is -3.75. The third kappa shape index (κ3) is 4.05. The Labute approximate surface area is 164 Å². The maximum atomic E-state index is 12.6. The van der Waals surface area contributed by atoms with Crippen molar-refractivity contribution in [2.45, 2.75) is 17.4 Å². The van der Waals surface area contributed by atoms with E-state index in [1.807, 2.05) is 0 Å². The molecule has 0 radical (unpaired) electrons. The number of ether oxygens (including phenoxy) is 3. The SMILES string of the molecule is COc1ccc(S(=O)(=O)N[C@H]2CC(=O)N(c3ccc(OC)c(OC)c3)C2)cc1. The van der Waals surface area contributed by atoms with Crippen LogP contribution < -0.4 is 23.8 Å². The molecule has 2 aromatic rings. The lowest BCUT2D eigenvalue weighted by Gasteiger charge is -2.19. The van der Waals surface area contributed by atoms with Crippen LogP contribution in [0.3, 0.4) is 0 Å². The van der Waals surface area contributed by atoms with Crippen LogP contribution in [-0.4, -0.2) is 48.2 Å². The third-order valence-corrected chi connectivity index (χ3v) is 6.03.